The van der Waals surface area contributed by atoms with Crippen LogP contribution in [-0.4, -0.2) is 102 Å². The number of aromatic nitrogens is 2. The largest absolute Gasteiger partial charge is 0.496 e. The quantitative estimate of drug-likeness (QED) is 0.0506. The van der Waals surface area contributed by atoms with Crippen molar-refractivity contribution < 1.29 is 43.0 Å². The summed E-state index contributed by atoms with van der Waals surface area (Å²) in [5.74, 6) is -1.68. The van der Waals surface area contributed by atoms with Crippen molar-refractivity contribution in [2.45, 2.75) is 70.2 Å². The lowest BCUT2D eigenvalue weighted by Gasteiger charge is -2.27. The van der Waals surface area contributed by atoms with Gasteiger partial charge < -0.3 is 29.4 Å². The molecule has 316 valence electrons. The number of hydrogen-bond donors (Lipinski definition) is 3. The lowest BCUT2D eigenvalue weighted by Crippen LogP contribution is -2.54. The molecule has 2 aromatic heterocycles. The Labute approximate surface area is 346 Å². The number of piperidine rings is 1. The highest BCUT2D eigenvalue weighted by molar-refractivity contribution is 6.25. The van der Waals surface area contributed by atoms with Crippen molar-refractivity contribution in [3.8, 4) is 22.6 Å². The number of benzene rings is 2. The van der Waals surface area contributed by atoms with Crippen LogP contribution < -0.4 is 31.0 Å². The van der Waals surface area contributed by atoms with Gasteiger partial charge in [0.2, 0.25) is 18.0 Å². The molecule has 0 aliphatic carbocycles. The summed E-state index contributed by atoms with van der Waals surface area (Å²) in [5.41, 5.74) is 2.97. The first-order chi connectivity index (χ1) is 29.0. The van der Waals surface area contributed by atoms with Gasteiger partial charge in [-0.1, -0.05) is 31.7 Å². The first kappa shape index (κ1) is 43.0. The molecule has 4 heterocycles. The summed E-state index contributed by atoms with van der Waals surface area (Å²) in [5, 5.41) is 9.55. The molecule has 2 aliphatic heterocycles. The molecule has 0 bridgehead atoms. The lowest BCUT2D eigenvalue weighted by atomic mass is 9.99. The maximum absolute atomic E-state index is 13.3. The van der Waals surface area contributed by atoms with E-state index in [9.17, 15) is 33.6 Å². The van der Waals surface area contributed by atoms with E-state index in [1.165, 1.54) is 25.0 Å². The molecule has 17 nitrogen and oxygen atoms in total. The molecule has 0 spiro atoms. The van der Waals surface area contributed by atoms with Crippen LogP contribution in [0.2, 0.25) is 0 Å². The average molecular weight is 824 g/mol. The third kappa shape index (κ3) is 9.15. The molecule has 2 unspecified atom stereocenters. The molecule has 17 heteroatoms. The standard InChI is InChI=1S/C43H49N7O10/c1-48-23-30(27-16-19-44-22-29(27)40(48)55)26-20-34(58-3)31(35(21-26)59-4)24-49(2)43(60-25-51)39(54)46-18-10-8-6-5-7-9-17-45-32-13-11-12-28-37(32)42(57)50(41(28)56)33-14-15-36(52)47-38(33)53/h11-13,16,19-23,25,33,43,45H,5-10,14-15,17-18,24H2,1-4H3,(H,46,54)(H,47,52,53). The van der Waals surface area contributed by atoms with Crippen LogP contribution in [-0.2, 0) is 37.5 Å². The Morgan fingerprint density at radius 3 is 2.33 bits per heavy atom. The fourth-order valence-corrected chi connectivity index (χ4v) is 7.73. The van der Waals surface area contributed by atoms with Gasteiger partial charge in [0.1, 0.15) is 17.5 Å². The van der Waals surface area contributed by atoms with E-state index in [1.54, 1.807) is 55.7 Å². The van der Waals surface area contributed by atoms with Crippen molar-refractivity contribution >= 4 is 52.5 Å². The number of rotatable bonds is 20. The van der Waals surface area contributed by atoms with Gasteiger partial charge in [0, 0.05) is 62.9 Å². The van der Waals surface area contributed by atoms with Gasteiger partial charge in [-0.05, 0) is 67.6 Å². The summed E-state index contributed by atoms with van der Waals surface area (Å²) in [6, 6.07) is 9.42. The van der Waals surface area contributed by atoms with Gasteiger partial charge in [-0.2, -0.15) is 0 Å². The predicted octanol–water partition coefficient (Wildman–Crippen LogP) is 3.52. The molecular weight excluding hydrogens is 775 g/mol. The average Bonchev–Trinajstić information content (AvgIpc) is 3.50. The third-order valence-corrected chi connectivity index (χ3v) is 10.8. The zero-order valence-electron chi connectivity index (χ0n) is 34.1. The number of carbonyl (C=O) groups excluding carboxylic acids is 6. The summed E-state index contributed by atoms with van der Waals surface area (Å²) in [6.45, 7) is 1.34. The van der Waals surface area contributed by atoms with Crippen LogP contribution in [0.1, 0.15) is 77.6 Å². The van der Waals surface area contributed by atoms with E-state index in [4.69, 9.17) is 14.2 Å². The van der Waals surface area contributed by atoms with Crippen LogP contribution in [0, 0.1) is 0 Å². The van der Waals surface area contributed by atoms with Crippen molar-refractivity contribution in [3.63, 3.8) is 0 Å². The first-order valence-corrected chi connectivity index (χ1v) is 19.8. The summed E-state index contributed by atoms with van der Waals surface area (Å²) in [6.07, 6.45) is 9.04. The summed E-state index contributed by atoms with van der Waals surface area (Å²) in [4.78, 5) is 94.5. The van der Waals surface area contributed by atoms with E-state index in [0.717, 1.165) is 59.9 Å². The molecule has 6 rings (SSSR count). The zero-order valence-corrected chi connectivity index (χ0v) is 34.1. The van der Waals surface area contributed by atoms with Crippen LogP contribution in [0.5, 0.6) is 11.5 Å². The molecular formula is C43H49N7O10. The number of anilines is 1. The molecule has 0 radical (unpaired) electrons. The van der Waals surface area contributed by atoms with Crippen molar-refractivity contribution in [2.24, 2.45) is 7.05 Å². The number of aryl methyl sites for hydroxylation is 1. The smallest absolute Gasteiger partial charge is 0.295 e. The number of nitrogens with zero attached hydrogens (tertiary/aromatic N) is 4. The fourth-order valence-electron chi connectivity index (χ4n) is 7.73. The van der Waals surface area contributed by atoms with E-state index in [2.05, 4.69) is 20.9 Å². The second-order valence-electron chi connectivity index (χ2n) is 14.8. The van der Waals surface area contributed by atoms with Crippen LogP contribution in [0.3, 0.4) is 0 Å². The lowest BCUT2D eigenvalue weighted by molar-refractivity contribution is -0.156. The van der Waals surface area contributed by atoms with Crippen molar-refractivity contribution in [3.05, 3.63) is 82.0 Å². The summed E-state index contributed by atoms with van der Waals surface area (Å²) < 4.78 is 18.3. The van der Waals surface area contributed by atoms with Crippen LogP contribution in [0.15, 0.2) is 59.8 Å². The Morgan fingerprint density at radius 1 is 0.950 bits per heavy atom. The number of amides is 5. The number of pyridine rings is 2. The minimum absolute atomic E-state index is 0.0574. The van der Waals surface area contributed by atoms with Crippen molar-refractivity contribution in [2.75, 3.05) is 39.7 Å². The molecule has 5 amide bonds. The second kappa shape index (κ2) is 19.4. The molecule has 60 heavy (non-hydrogen) atoms. The number of ether oxygens (including phenoxy) is 3. The van der Waals surface area contributed by atoms with Gasteiger partial charge in [0.25, 0.3) is 29.8 Å². The number of carbonyl (C=O) groups is 6. The molecule has 1 fully saturated rings. The van der Waals surface area contributed by atoms with Crippen molar-refractivity contribution in [1.82, 2.24) is 30.0 Å². The monoisotopic (exact) mass is 823 g/mol. The Balaban J connectivity index is 0.950. The number of unbranched alkanes of at least 4 members (excludes halogenated alkanes) is 5. The molecule has 0 saturated carbocycles. The summed E-state index contributed by atoms with van der Waals surface area (Å²) >= 11 is 0. The van der Waals surface area contributed by atoms with Gasteiger partial charge in [-0.3, -0.25) is 53.7 Å². The second-order valence-corrected chi connectivity index (χ2v) is 14.8. The highest BCUT2D eigenvalue weighted by Crippen LogP contribution is 2.38. The highest BCUT2D eigenvalue weighted by atomic mass is 16.5. The molecule has 1 saturated heterocycles. The van der Waals surface area contributed by atoms with Crippen LogP contribution in [0.25, 0.3) is 21.9 Å². The summed E-state index contributed by atoms with van der Waals surface area (Å²) in [7, 11) is 6.38. The molecule has 2 aliphatic rings. The molecule has 2 aromatic carbocycles. The predicted molar refractivity (Wildman–Crippen MR) is 220 cm³/mol. The Kier molecular flexibility index (Phi) is 13.9. The van der Waals surface area contributed by atoms with E-state index in [0.29, 0.717) is 41.2 Å². The van der Waals surface area contributed by atoms with Gasteiger partial charge in [0.05, 0.1) is 36.3 Å². The number of fused-ring (bicyclic) bond motifs is 2. The Hall–Kier alpha value is -6.62. The number of hydrogen-bond acceptors (Lipinski definition) is 13. The van der Waals surface area contributed by atoms with E-state index in [-0.39, 0.29) is 42.5 Å². The maximum atomic E-state index is 13.3. The highest BCUT2D eigenvalue weighted by Gasteiger charge is 2.45. The number of likely N-dealkylation sites (N-methyl/N-ethyl adjacent to an activating group) is 1. The number of nitrogens with one attached hydrogen (secondary N) is 3. The number of methoxy groups -OCH3 is 2. The minimum atomic E-state index is -1.22. The Bertz CT molecular complexity index is 2340. The third-order valence-electron chi connectivity index (χ3n) is 10.8. The zero-order chi connectivity index (χ0) is 42.9. The van der Waals surface area contributed by atoms with Gasteiger partial charge in [-0.15, -0.1) is 0 Å². The topological polar surface area (TPSA) is 208 Å². The molecule has 4 aromatic rings. The maximum Gasteiger partial charge on any atom is 0.295 e. The fraction of sp³-hybridized carbons (Fsp3) is 0.395. The first-order valence-electron chi connectivity index (χ1n) is 19.8. The Morgan fingerprint density at radius 2 is 1.65 bits per heavy atom. The van der Waals surface area contributed by atoms with E-state index < -0.39 is 41.8 Å². The minimum Gasteiger partial charge on any atom is -0.496 e. The molecule has 3 N–H and O–H groups in total. The van der Waals surface area contributed by atoms with Crippen molar-refractivity contribution in [1.29, 1.82) is 0 Å². The number of imide groups is 2. The normalized spacial score (nSPS) is 15.5. The SMILES string of the molecule is COc1cc(-c2cn(C)c(=O)c3cnccc23)cc(OC)c1CN(C)C(OC=O)C(=O)NCCCCCCCCNc1cccc2c1C(=O)N(C1CCC(=O)NC1=O)C2=O. The molecule has 2 atom stereocenters. The van der Waals surface area contributed by atoms with Gasteiger partial charge in [0.15, 0.2) is 0 Å². The van der Waals surface area contributed by atoms with Gasteiger partial charge in [-0.25, -0.2) is 0 Å². The van der Waals surface area contributed by atoms with Gasteiger partial charge >= 0.3 is 0 Å². The van der Waals surface area contributed by atoms with Crippen LogP contribution in [0.4, 0.5) is 5.69 Å². The van der Waals surface area contributed by atoms with E-state index in [1.807, 2.05) is 12.1 Å². The van der Waals surface area contributed by atoms with Crippen LogP contribution >= 0.6 is 0 Å². The van der Waals surface area contributed by atoms with E-state index >= 15 is 0 Å².